The summed E-state index contributed by atoms with van der Waals surface area (Å²) < 4.78 is 10.4. The van der Waals surface area contributed by atoms with Crippen molar-refractivity contribution in [1.82, 2.24) is 15.2 Å². The molecule has 10 nitrogen and oxygen atoms in total. The van der Waals surface area contributed by atoms with Crippen molar-refractivity contribution < 1.29 is 14.3 Å². The number of benzene rings is 1. The molecule has 1 amide bonds. The highest BCUT2D eigenvalue weighted by Gasteiger charge is 2.06. The number of nitrogens with one attached hydrogen (secondary N) is 2. The number of nitrogens with two attached hydrogens (primary N) is 1. The summed E-state index contributed by atoms with van der Waals surface area (Å²) in [5.41, 5.74) is 8.17. The minimum absolute atomic E-state index is 0.112. The third-order valence-electron chi connectivity index (χ3n) is 2.80. The second-order valence-corrected chi connectivity index (χ2v) is 4.62. The van der Waals surface area contributed by atoms with Gasteiger partial charge in [-0.25, -0.2) is 5.43 Å². The number of carbonyl (C=O) groups is 1. The molecule has 2 aromatic rings. The zero-order valence-corrected chi connectivity index (χ0v) is 13.1. The maximum Gasteiger partial charge on any atom is 0.274 e. The average molecular weight is 332 g/mol. The van der Waals surface area contributed by atoms with Gasteiger partial charge in [0.05, 0.1) is 13.3 Å². The number of H-pyrrole nitrogens is 1. The van der Waals surface area contributed by atoms with E-state index >= 15 is 0 Å². The van der Waals surface area contributed by atoms with Crippen LogP contribution in [-0.4, -0.2) is 41.0 Å². The van der Waals surface area contributed by atoms with Crippen LogP contribution in [0, 0.1) is 6.92 Å². The number of primary amides is 1. The Morgan fingerprint density at radius 3 is 2.88 bits per heavy atom. The molecule has 0 spiro atoms. The van der Waals surface area contributed by atoms with Gasteiger partial charge in [0.2, 0.25) is 5.95 Å². The SMILES string of the molecule is COc1ccc(C=NNc2nnc(C)c(=O)[nH]2)cc1OCC(N)=O. The van der Waals surface area contributed by atoms with Gasteiger partial charge in [-0.05, 0) is 30.7 Å². The van der Waals surface area contributed by atoms with Crippen LogP contribution < -0.4 is 26.2 Å². The second kappa shape index (κ2) is 7.72. The number of ether oxygens (including phenoxy) is 2. The first kappa shape index (κ1) is 16.9. The van der Waals surface area contributed by atoms with Crippen molar-refractivity contribution >= 4 is 18.1 Å². The highest BCUT2D eigenvalue weighted by molar-refractivity contribution is 5.81. The summed E-state index contributed by atoms with van der Waals surface area (Å²) in [5.74, 6) is 0.319. The van der Waals surface area contributed by atoms with Crippen LogP contribution in [0.1, 0.15) is 11.3 Å². The summed E-state index contributed by atoms with van der Waals surface area (Å²) in [5, 5.41) is 11.3. The third-order valence-corrected chi connectivity index (χ3v) is 2.80. The molecule has 10 heteroatoms. The van der Waals surface area contributed by atoms with E-state index in [1.165, 1.54) is 13.3 Å². The molecular formula is C14H16N6O4. The monoisotopic (exact) mass is 332 g/mol. The van der Waals surface area contributed by atoms with E-state index in [1.807, 2.05) is 0 Å². The number of aryl methyl sites for hydroxylation is 1. The van der Waals surface area contributed by atoms with E-state index in [9.17, 15) is 9.59 Å². The minimum atomic E-state index is -0.598. The zero-order chi connectivity index (χ0) is 17.5. The van der Waals surface area contributed by atoms with Gasteiger partial charge in [-0.2, -0.15) is 5.10 Å². The number of carbonyl (C=O) groups excluding carboxylic acids is 1. The molecule has 0 radical (unpaired) electrons. The van der Waals surface area contributed by atoms with Crippen LogP contribution in [0.4, 0.5) is 5.95 Å². The number of hydrogen-bond donors (Lipinski definition) is 3. The van der Waals surface area contributed by atoms with Gasteiger partial charge in [0.1, 0.15) is 5.69 Å². The molecule has 2 rings (SSSR count). The van der Waals surface area contributed by atoms with Crippen LogP contribution in [-0.2, 0) is 4.79 Å². The van der Waals surface area contributed by atoms with Crippen molar-refractivity contribution in [3.8, 4) is 11.5 Å². The first-order valence-electron chi connectivity index (χ1n) is 6.81. The first-order chi connectivity index (χ1) is 11.5. The molecule has 1 heterocycles. The third kappa shape index (κ3) is 4.53. The van der Waals surface area contributed by atoms with Gasteiger partial charge in [-0.1, -0.05) is 0 Å². The van der Waals surface area contributed by atoms with Gasteiger partial charge in [-0.15, -0.1) is 10.2 Å². The van der Waals surface area contributed by atoms with Crippen molar-refractivity contribution in [1.29, 1.82) is 0 Å². The van der Waals surface area contributed by atoms with Gasteiger partial charge in [-0.3, -0.25) is 14.6 Å². The normalized spacial score (nSPS) is 10.6. The summed E-state index contributed by atoms with van der Waals surface area (Å²) in [6.45, 7) is 1.28. The van der Waals surface area contributed by atoms with Crippen LogP contribution >= 0.6 is 0 Å². The van der Waals surface area contributed by atoms with Crippen LogP contribution in [0.2, 0.25) is 0 Å². The Balaban J connectivity index is 2.10. The van der Waals surface area contributed by atoms with Crippen molar-refractivity contribution in [2.24, 2.45) is 10.8 Å². The largest absolute Gasteiger partial charge is 0.493 e. The Kier molecular flexibility index (Phi) is 5.45. The molecule has 0 aliphatic rings. The van der Waals surface area contributed by atoms with Crippen molar-refractivity contribution in [2.45, 2.75) is 6.92 Å². The van der Waals surface area contributed by atoms with Gasteiger partial charge >= 0.3 is 0 Å². The van der Waals surface area contributed by atoms with Gasteiger partial charge < -0.3 is 15.2 Å². The molecule has 24 heavy (non-hydrogen) atoms. The molecule has 0 unspecified atom stereocenters. The smallest absolute Gasteiger partial charge is 0.274 e. The lowest BCUT2D eigenvalue weighted by molar-refractivity contribution is -0.119. The number of aromatic nitrogens is 3. The van der Waals surface area contributed by atoms with Crippen molar-refractivity contribution in [3.05, 3.63) is 39.8 Å². The average Bonchev–Trinajstić information content (AvgIpc) is 2.56. The molecular weight excluding hydrogens is 316 g/mol. The van der Waals surface area contributed by atoms with Crippen molar-refractivity contribution in [3.63, 3.8) is 0 Å². The van der Waals surface area contributed by atoms with Crippen LogP contribution in [0.5, 0.6) is 11.5 Å². The zero-order valence-electron chi connectivity index (χ0n) is 13.1. The van der Waals surface area contributed by atoms with E-state index in [1.54, 1.807) is 25.1 Å². The minimum Gasteiger partial charge on any atom is -0.493 e. The Hall–Kier alpha value is -3.43. The van der Waals surface area contributed by atoms with E-state index < -0.39 is 5.91 Å². The Morgan fingerprint density at radius 2 is 2.21 bits per heavy atom. The quantitative estimate of drug-likeness (QED) is 0.470. The summed E-state index contributed by atoms with van der Waals surface area (Å²) in [6, 6.07) is 5.01. The Morgan fingerprint density at radius 1 is 1.42 bits per heavy atom. The maximum absolute atomic E-state index is 11.4. The highest BCUT2D eigenvalue weighted by atomic mass is 16.5. The number of methoxy groups -OCH3 is 1. The fourth-order valence-electron chi connectivity index (χ4n) is 1.65. The first-order valence-corrected chi connectivity index (χ1v) is 6.81. The summed E-state index contributed by atoms with van der Waals surface area (Å²) in [7, 11) is 1.48. The lowest BCUT2D eigenvalue weighted by Gasteiger charge is -2.09. The second-order valence-electron chi connectivity index (χ2n) is 4.62. The van der Waals surface area contributed by atoms with Crippen LogP contribution in [0.15, 0.2) is 28.1 Å². The lowest BCUT2D eigenvalue weighted by Crippen LogP contribution is -2.20. The number of hydrazone groups is 1. The molecule has 0 fully saturated rings. The predicted octanol–water partition coefficient (Wildman–Crippen LogP) is -0.208. The van der Waals surface area contributed by atoms with Gasteiger partial charge in [0.15, 0.2) is 18.1 Å². The number of hydrogen-bond acceptors (Lipinski definition) is 8. The topological polar surface area (TPSA) is 145 Å². The standard InChI is InChI=1S/C14H16N6O4/c1-8-13(22)17-14(20-18-8)19-16-6-9-3-4-10(23-2)11(5-9)24-7-12(15)21/h3-6H,7H2,1-2H3,(H2,15,21)(H2,17,19,20,22). The van der Waals surface area contributed by atoms with E-state index in [4.69, 9.17) is 15.2 Å². The summed E-state index contributed by atoms with van der Waals surface area (Å²) in [6.07, 6.45) is 1.47. The molecule has 1 aromatic heterocycles. The number of nitrogens with zero attached hydrogens (tertiary/aromatic N) is 3. The summed E-state index contributed by atoms with van der Waals surface area (Å²) in [4.78, 5) is 24.7. The molecule has 0 saturated heterocycles. The lowest BCUT2D eigenvalue weighted by atomic mass is 10.2. The summed E-state index contributed by atoms with van der Waals surface area (Å²) >= 11 is 0. The van der Waals surface area contributed by atoms with Gasteiger partial charge in [0, 0.05) is 0 Å². The van der Waals surface area contributed by atoms with E-state index in [2.05, 4.69) is 25.7 Å². The van der Waals surface area contributed by atoms with Gasteiger partial charge in [0.25, 0.3) is 11.5 Å². The molecule has 0 aliphatic carbocycles. The molecule has 4 N–H and O–H groups in total. The fourth-order valence-corrected chi connectivity index (χ4v) is 1.65. The predicted molar refractivity (Wildman–Crippen MR) is 86.3 cm³/mol. The molecule has 0 aliphatic heterocycles. The van der Waals surface area contributed by atoms with Crippen molar-refractivity contribution in [2.75, 3.05) is 19.1 Å². The fraction of sp³-hybridized carbons (Fsp3) is 0.214. The number of anilines is 1. The molecule has 0 bridgehead atoms. The van der Waals surface area contributed by atoms with E-state index in [0.29, 0.717) is 17.1 Å². The Bertz CT molecular complexity index is 817. The van der Waals surface area contributed by atoms with E-state index in [0.717, 1.165) is 0 Å². The van der Waals surface area contributed by atoms with E-state index in [-0.39, 0.29) is 23.8 Å². The Labute approximate surface area is 136 Å². The van der Waals surface area contributed by atoms with Crippen LogP contribution in [0.3, 0.4) is 0 Å². The number of rotatable bonds is 7. The maximum atomic E-state index is 11.4. The molecule has 0 atom stereocenters. The molecule has 126 valence electrons. The molecule has 0 saturated carbocycles. The van der Waals surface area contributed by atoms with Crippen LogP contribution in [0.25, 0.3) is 0 Å². The molecule has 1 aromatic carbocycles. The highest BCUT2D eigenvalue weighted by Crippen LogP contribution is 2.27. The number of aromatic amines is 1. The number of amides is 1.